The largest absolute Gasteiger partial charge is 0.416 e. The Morgan fingerprint density at radius 3 is 2.05 bits per heavy atom. The van der Waals surface area contributed by atoms with E-state index in [9.17, 15) is 32.7 Å². The Balaban J connectivity index is 1.96. The summed E-state index contributed by atoms with van der Waals surface area (Å²) < 4.78 is 40.4. The lowest BCUT2D eigenvalue weighted by Crippen LogP contribution is -2.58. The summed E-state index contributed by atoms with van der Waals surface area (Å²) in [5.74, 6) is -2.37. The summed E-state index contributed by atoms with van der Waals surface area (Å²) in [6.07, 6.45) is -6.52. The van der Waals surface area contributed by atoms with Crippen LogP contribution in [0.15, 0.2) is 66.9 Å². The molecule has 0 aliphatic carbocycles. The molecule has 0 fully saturated rings. The number of halogens is 3. The van der Waals surface area contributed by atoms with Crippen LogP contribution in [-0.2, 0) is 20.8 Å². The second-order valence-electron chi connectivity index (χ2n) is 10.2. The lowest BCUT2D eigenvalue weighted by molar-refractivity contribution is -0.212. The van der Waals surface area contributed by atoms with Gasteiger partial charge in [0.25, 0.3) is 5.91 Å². The van der Waals surface area contributed by atoms with Gasteiger partial charge in [0.15, 0.2) is 6.10 Å². The van der Waals surface area contributed by atoms with Gasteiger partial charge in [0.2, 0.25) is 11.8 Å². The fourth-order valence-electron chi connectivity index (χ4n) is 4.52. The lowest BCUT2D eigenvalue weighted by Gasteiger charge is -2.41. The van der Waals surface area contributed by atoms with Crippen molar-refractivity contribution in [1.82, 2.24) is 15.1 Å². The van der Waals surface area contributed by atoms with E-state index < -0.39 is 48.6 Å². The third-order valence-electron chi connectivity index (χ3n) is 6.48. The molecule has 7 nitrogen and oxygen atoms in total. The van der Waals surface area contributed by atoms with Gasteiger partial charge in [0, 0.05) is 12.1 Å². The average Bonchev–Trinajstić information content (AvgIpc) is 2.88. The van der Waals surface area contributed by atoms with Gasteiger partial charge in [-0.05, 0) is 23.5 Å². The molecule has 0 saturated heterocycles. The number of alkyl halides is 3. The van der Waals surface area contributed by atoms with Crippen molar-refractivity contribution in [1.29, 1.82) is 0 Å². The van der Waals surface area contributed by atoms with Crippen molar-refractivity contribution in [3.63, 3.8) is 0 Å². The molecule has 210 valence electrons. The summed E-state index contributed by atoms with van der Waals surface area (Å²) in [6.45, 7) is 6.40. The van der Waals surface area contributed by atoms with Gasteiger partial charge in [-0.2, -0.15) is 13.2 Å². The molecule has 1 aliphatic rings. The molecule has 10 heteroatoms. The van der Waals surface area contributed by atoms with Crippen LogP contribution in [0.25, 0.3) is 5.70 Å². The van der Waals surface area contributed by atoms with Crippen LogP contribution in [0.5, 0.6) is 0 Å². The van der Waals surface area contributed by atoms with Gasteiger partial charge in [-0.25, -0.2) is 0 Å². The van der Waals surface area contributed by atoms with Crippen LogP contribution in [0.4, 0.5) is 13.2 Å². The lowest BCUT2D eigenvalue weighted by atomic mass is 9.95. The van der Waals surface area contributed by atoms with E-state index in [-0.39, 0.29) is 23.9 Å². The summed E-state index contributed by atoms with van der Waals surface area (Å²) in [4.78, 5) is 42.6. The highest BCUT2D eigenvalue weighted by molar-refractivity contribution is 6.00. The Kier molecular flexibility index (Phi) is 9.55. The van der Waals surface area contributed by atoms with E-state index in [2.05, 4.69) is 5.32 Å². The van der Waals surface area contributed by atoms with Gasteiger partial charge in [0.1, 0.15) is 12.6 Å². The standard InChI is InChI=1S/C29H34F3N3O4/c1-18(2)25-28(39)34(23(21-13-9-6-10-14-21)16-35(25)27(38)19(3)4)17-24(36)33-22(26(37)29(30,31)32)15-20-11-7-5-8-12-20/h5-14,16,18-19,22,25-26,37H,15,17H2,1-4H3,(H,33,36). The molecular formula is C29H34F3N3O4. The van der Waals surface area contributed by atoms with E-state index in [1.807, 2.05) is 0 Å². The number of carbonyl (C=O) groups excluding carboxylic acids is 3. The van der Waals surface area contributed by atoms with Crippen molar-refractivity contribution >= 4 is 23.4 Å². The predicted molar refractivity (Wildman–Crippen MR) is 141 cm³/mol. The number of rotatable bonds is 9. The van der Waals surface area contributed by atoms with Gasteiger partial charge in [0.05, 0.1) is 11.7 Å². The normalized spacial score (nSPS) is 17.7. The van der Waals surface area contributed by atoms with Gasteiger partial charge in [-0.15, -0.1) is 0 Å². The van der Waals surface area contributed by atoms with E-state index in [0.717, 1.165) is 0 Å². The van der Waals surface area contributed by atoms with Crippen molar-refractivity contribution in [2.24, 2.45) is 11.8 Å². The van der Waals surface area contributed by atoms with Crippen LogP contribution in [0.2, 0.25) is 0 Å². The Bertz CT molecular complexity index is 1180. The molecule has 3 rings (SSSR count). The SMILES string of the molecule is CC(C)C(=O)N1C=C(c2ccccc2)N(CC(=O)NC(Cc2ccccc2)C(O)C(F)(F)F)C(=O)C1C(C)C. The minimum atomic E-state index is -4.97. The number of nitrogens with zero attached hydrogens (tertiary/aromatic N) is 2. The van der Waals surface area contributed by atoms with Crippen molar-refractivity contribution in [2.75, 3.05) is 6.54 Å². The first-order chi connectivity index (χ1) is 18.3. The summed E-state index contributed by atoms with van der Waals surface area (Å²) in [5, 5.41) is 12.3. The molecule has 2 aromatic carbocycles. The molecule has 0 aromatic heterocycles. The predicted octanol–water partition coefficient (Wildman–Crippen LogP) is 3.99. The average molecular weight is 546 g/mol. The first-order valence-corrected chi connectivity index (χ1v) is 12.8. The highest BCUT2D eigenvalue weighted by atomic mass is 19.4. The zero-order valence-electron chi connectivity index (χ0n) is 22.4. The number of aliphatic hydroxyl groups is 1. The van der Waals surface area contributed by atoms with Crippen LogP contribution in [0.1, 0.15) is 38.8 Å². The van der Waals surface area contributed by atoms with Crippen molar-refractivity contribution < 1.29 is 32.7 Å². The minimum Gasteiger partial charge on any atom is -0.382 e. The molecule has 1 heterocycles. The zero-order valence-corrected chi connectivity index (χ0v) is 22.4. The van der Waals surface area contributed by atoms with Gasteiger partial charge < -0.3 is 15.3 Å². The molecule has 0 radical (unpaired) electrons. The Morgan fingerprint density at radius 2 is 1.54 bits per heavy atom. The van der Waals surface area contributed by atoms with E-state index in [0.29, 0.717) is 11.1 Å². The maximum Gasteiger partial charge on any atom is 0.416 e. The van der Waals surface area contributed by atoms with E-state index in [1.54, 1.807) is 88.4 Å². The minimum absolute atomic E-state index is 0.268. The molecule has 1 aliphatic heterocycles. The number of carbonyl (C=O) groups is 3. The van der Waals surface area contributed by atoms with Crippen LogP contribution < -0.4 is 5.32 Å². The second kappa shape index (κ2) is 12.5. The number of nitrogens with one attached hydrogen (secondary N) is 1. The number of benzene rings is 2. The van der Waals surface area contributed by atoms with Crippen molar-refractivity contribution in [3.05, 3.63) is 78.0 Å². The first kappa shape index (κ1) is 29.9. The number of hydrogen-bond donors (Lipinski definition) is 2. The second-order valence-corrected chi connectivity index (χ2v) is 10.2. The zero-order chi connectivity index (χ0) is 28.9. The number of hydrogen-bond acceptors (Lipinski definition) is 4. The van der Waals surface area contributed by atoms with E-state index in [1.165, 1.54) is 16.0 Å². The number of aliphatic hydroxyl groups excluding tert-OH is 1. The maximum atomic E-state index is 13.8. The molecule has 3 unspecified atom stereocenters. The van der Waals surface area contributed by atoms with Crippen LogP contribution in [-0.4, -0.2) is 63.5 Å². The van der Waals surface area contributed by atoms with Gasteiger partial charge in [-0.3, -0.25) is 19.3 Å². The topological polar surface area (TPSA) is 90.0 Å². The van der Waals surface area contributed by atoms with Crippen LogP contribution >= 0.6 is 0 Å². The molecule has 3 amide bonds. The quantitative estimate of drug-likeness (QED) is 0.499. The molecule has 39 heavy (non-hydrogen) atoms. The summed E-state index contributed by atoms with van der Waals surface area (Å²) in [5.41, 5.74) is 1.32. The Hall–Kier alpha value is -3.66. The molecule has 0 saturated carbocycles. The summed E-state index contributed by atoms with van der Waals surface area (Å²) in [6, 6.07) is 14.3. The fraction of sp³-hybridized carbons (Fsp3) is 0.414. The highest BCUT2D eigenvalue weighted by Gasteiger charge is 2.45. The number of amides is 3. The highest BCUT2D eigenvalue weighted by Crippen LogP contribution is 2.31. The van der Waals surface area contributed by atoms with Gasteiger partial charge in [-0.1, -0.05) is 88.4 Å². The molecular weight excluding hydrogens is 511 g/mol. The Morgan fingerprint density at radius 1 is 0.974 bits per heavy atom. The summed E-state index contributed by atoms with van der Waals surface area (Å²) in [7, 11) is 0. The van der Waals surface area contributed by atoms with Crippen molar-refractivity contribution in [2.45, 2.75) is 58.5 Å². The molecule has 2 N–H and O–H groups in total. The third kappa shape index (κ3) is 7.26. The molecule has 2 aromatic rings. The maximum absolute atomic E-state index is 13.8. The smallest absolute Gasteiger partial charge is 0.382 e. The molecule has 3 atom stereocenters. The third-order valence-corrected chi connectivity index (χ3v) is 6.48. The van der Waals surface area contributed by atoms with Gasteiger partial charge >= 0.3 is 6.18 Å². The fourth-order valence-corrected chi connectivity index (χ4v) is 4.52. The van der Waals surface area contributed by atoms with Crippen molar-refractivity contribution in [3.8, 4) is 0 Å². The molecule has 0 spiro atoms. The first-order valence-electron chi connectivity index (χ1n) is 12.8. The van der Waals surface area contributed by atoms with E-state index >= 15 is 0 Å². The van der Waals surface area contributed by atoms with E-state index in [4.69, 9.17) is 0 Å². The molecule has 0 bridgehead atoms. The Labute approximate surface area is 226 Å². The summed E-state index contributed by atoms with van der Waals surface area (Å²) >= 11 is 0. The monoisotopic (exact) mass is 545 g/mol. The van der Waals surface area contributed by atoms with Crippen LogP contribution in [0.3, 0.4) is 0 Å². The van der Waals surface area contributed by atoms with Crippen LogP contribution in [0, 0.1) is 11.8 Å².